The van der Waals surface area contributed by atoms with E-state index in [1.54, 1.807) is 0 Å². The summed E-state index contributed by atoms with van der Waals surface area (Å²) in [5, 5.41) is 0. The van der Waals surface area contributed by atoms with E-state index in [1.807, 2.05) is 18.2 Å². The van der Waals surface area contributed by atoms with Crippen LogP contribution in [-0.2, 0) is 7.05 Å². The fourth-order valence-electron chi connectivity index (χ4n) is 3.25. The predicted octanol–water partition coefficient (Wildman–Crippen LogP) is 2.10. The van der Waals surface area contributed by atoms with Crippen LogP contribution in [0.15, 0.2) is 34.9 Å². The second-order valence-corrected chi connectivity index (χ2v) is 6.88. The minimum atomic E-state index is 0.188. The van der Waals surface area contributed by atoms with E-state index >= 15 is 0 Å². The molecule has 1 aliphatic heterocycles. The van der Waals surface area contributed by atoms with E-state index in [9.17, 15) is 0 Å². The fraction of sp³-hybridized carbons (Fsp3) is 0.471. The molecule has 2 N–H and O–H groups in total. The van der Waals surface area contributed by atoms with Gasteiger partial charge in [0.15, 0.2) is 0 Å². The van der Waals surface area contributed by atoms with Crippen molar-refractivity contribution in [1.29, 1.82) is 0 Å². The highest BCUT2D eigenvalue weighted by Gasteiger charge is 2.28. The average Bonchev–Trinajstić information content (AvgIpc) is 2.86. The number of benzene rings is 1. The Morgan fingerprint density at radius 3 is 2.39 bits per heavy atom. The molecule has 1 unspecified atom stereocenters. The molecule has 2 heterocycles. The second kappa shape index (κ2) is 7.13. The molecule has 1 atom stereocenters. The number of hydrogen-bond acceptors (Lipinski definition) is 4. The Hall–Kier alpha value is -1.21. The lowest BCUT2D eigenvalue weighted by atomic mass is 10.1. The maximum absolute atomic E-state index is 6.14. The molecule has 6 heteroatoms. The van der Waals surface area contributed by atoms with Crippen molar-refractivity contribution in [1.82, 2.24) is 19.4 Å². The highest BCUT2D eigenvalue weighted by molar-refractivity contribution is 9.10. The van der Waals surface area contributed by atoms with Gasteiger partial charge in [-0.05, 0) is 23.0 Å². The molecule has 1 saturated heterocycles. The zero-order valence-electron chi connectivity index (χ0n) is 13.7. The Morgan fingerprint density at radius 2 is 1.78 bits per heavy atom. The molecule has 1 fully saturated rings. The summed E-state index contributed by atoms with van der Waals surface area (Å²) in [6, 6.07) is 10.5. The third kappa shape index (κ3) is 3.35. The number of nitrogens with zero attached hydrogens (tertiary/aromatic N) is 4. The van der Waals surface area contributed by atoms with Crippen molar-refractivity contribution < 1.29 is 0 Å². The molecule has 3 rings (SSSR count). The first kappa shape index (κ1) is 16.6. The lowest BCUT2D eigenvalue weighted by Gasteiger charge is -2.37. The Bertz CT molecular complexity index is 647. The van der Waals surface area contributed by atoms with Crippen LogP contribution >= 0.6 is 15.9 Å². The van der Waals surface area contributed by atoms with Crippen LogP contribution in [-0.4, -0.2) is 59.1 Å². The van der Waals surface area contributed by atoms with Gasteiger partial charge in [-0.25, -0.2) is 4.98 Å². The van der Waals surface area contributed by atoms with Gasteiger partial charge < -0.3 is 15.2 Å². The molecule has 0 saturated carbocycles. The molecule has 2 aromatic rings. The van der Waals surface area contributed by atoms with Gasteiger partial charge >= 0.3 is 0 Å². The molecule has 124 valence electrons. The topological polar surface area (TPSA) is 50.3 Å². The van der Waals surface area contributed by atoms with Gasteiger partial charge in [0, 0.05) is 45.3 Å². The Kier molecular flexibility index (Phi) is 5.16. The minimum absolute atomic E-state index is 0.188. The minimum Gasteiger partial charge on any atom is -0.329 e. The van der Waals surface area contributed by atoms with Gasteiger partial charge in [0.2, 0.25) is 0 Å². The lowest BCUT2D eigenvalue weighted by molar-refractivity contribution is 0.111. The highest BCUT2D eigenvalue weighted by Crippen LogP contribution is 2.31. The van der Waals surface area contributed by atoms with Crippen LogP contribution in [0.5, 0.6) is 0 Å². The van der Waals surface area contributed by atoms with Crippen LogP contribution in [0.2, 0.25) is 0 Å². The molecule has 1 aliphatic rings. The van der Waals surface area contributed by atoms with E-state index in [1.165, 1.54) is 0 Å². The van der Waals surface area contributed by atoms with Gasteiger partial charge in [0.25, 0.3) is 0 Å². The zero-order valence-corrected chi connectivity index (χ0v) is 15.3. The number of aromatic nitrogens is 2. The molecule has 0 spiro atoms. The maximum atomic E-state index is 6.14. The van der Waals surface area contributed by atoms with Crippen molar-refractivity contribution in [3.63, 3.8) is 0 Å². The normalized spacial score (nSPS) is 18.3. The van der Waals surface area contributed by atoms with E-state index in [4.69, 9.17) is 10.7 Å². The number of nitrogens with two attached hydrogens (primary N) is 1. The highest BCUT2D eigenvalue weighted by atomic mass is 79.9. The third-order valence-corrected chi connectivity index (χ3v) is 5.23. The van der Waals surface area contributed by atoms with Crippen LogP contribution in [0.3, 0.4) is 0 Å². The van der Waals surface area contributed by atoms with Crippen LogP contribution < -0.4 is 5.73 Å². The van der Waals surface area contributed by atoms with E-state index < -0.39 is 0 Å². The molecule has 1 aromatic carbocycles. The Balaban J connectivity index is 1.94. The molecule has 0 aliphatic carbocycles. The average molecular weight is 378 g/mol. The number of piperazine rings is 1. The van der Waals surface area contributed by atoms with Gasteiger partial charge in [-0.3, -0.25) is 4.90 Å². The quantitative estimate of drug-likeness (QED) is 0.886. The first-order valence-electron chi connectivity index (χ1n) is 8.02. The summed E-state index contributed by atoms with van der Waals surface area (Å²) in [6.07, 6.45) is 0. The van der Waals surface area contributed by atoms with Crippen LogP contribution in [0.25, 0.3) is 11.4 Å². The van der Waals surface area contributed by atoms with Crippen molar-refractivity contribution in [3.05, 3.63) is 40.6 Å². The second-order valence-electron chi connectivity index (χ2n) is 6.13. The summed E-state index contributed by atoms with van der Waals surface area (Å²) < 4.78 is 3.07. The van der Waals surface area contributed by atoms with E-state index in [0.29, 0.717) is 6.54 Å². The first-order valence-corrected chi connectivity index (χ1v) is 8.81. The number of halogens is 1. The van der Waals surface area contributed by atoms with Crippen LogP contribution in [0, 0.1) is 0 Å². The van der Waals surface area contributed by atoms with Gasteiger partial charge in [0.05, 0.1) is 11.7 Å². The Morgan fingerprint density at radius 1 is 1.13 bits per heavy atom. The fourth-order valence-corrected chi connectivity index (χ4v) is 3.95. The third-order valence-electron chi connectivity index (χ3n) is 4.64. The van der Waals surface area contributed by atoms with Gasteiger partial charge in [-0.15, -0.1) is 0 Å². The number of likely N-dealkylation sites (N-methyl/N-ethyl adjacent to an activating group) is 1. The summed E-state index contributed by atoms with van der Waals surface area (Å²) in [5.74, 6) is 0.972. The summed E-state index contributed by atoms with van der Waals surface area (Å²) in [4.78, 5) is 9.57. The summed E-state index contributed by atoms with van der Waals surface area (Å²) in [7, 11) is 4.25. The number of imidazole rings is 1. The summed E-state index contributed by atoms with van der Waals surface area (Å²) >= 11 is 3.66. The number of hydrogen-bond donors (Lipinski definition) is 1. The van der Waals surface area contributed by atoms with E-state index in [2.05, 4.69) is 56.5 Å². The molecule has 1 aromatic heterocycles. The van der Waals surface area contributed by atoms with Gasteiger partial charge in [0.1, 0.15) is 10.4 Å². The van der Waals surface area contributed by atoms with Gasteiger partial charge in [-0.1, -0.05) is 30.3 Å². The molecule has 0 bridgehead atoms. The van der Waals surface area contributed by atoms with Crippen molar-refractivity contribution >= 4 is 15.9 Å². The van der Waals surface area contributed by atoms with Crippen LogP contribution in [0.4, 0.5) is 0 Å². The van der Waals surface area contributed by atoms with Crippen molar-refractivity contribution in [2.75, 3.05) is 39.8 Å². The largest absolute Gasteiger partial charge is 0.329 e. The monoisotopic (exact) mass is 377 g/mol. The standard InChI is InChI=1S/C17H24BrN5/c1-21-8-10-23(11-9-21)14(12-19)15-16(18)20-17(22(15)2)13-6-4-3-5-7-13/h3-7,14H,8-12,19H2,1-2H3. The lowest BCUT2D eigenvalue weighted by Crippen LogP contribution is -2.48. The molecule has 0 radical (unpaired) electrons. The maximum Gasteiger partial charge on any atom is 0.141 e. The smallest absolute Gasteiger partial charge is 0.141 e. The molecule has 0 amide bonds. The van der Waals surface area contributed by atoms with Crippen molar-refractivity contribution in [2.24, 2.45) is 12.8 Å². The molecule has 23 heavy (non-hydrogen) atoms. The van der Waals surface area contributed by atoms with E-state index in [-0.39, 0.29) is 6.04 Å². The SMILES string of the molecule is CN1CCN(C(CN)c2c(Br)nc(-c3ccccc3)n2C)CC1. The molecular weight excluding hydrogens is 354 g/mol. The zero-order chi connectivity index (χ0) is 16.4. The summed E-state index contributed by atoms with van der Waals surface area (Å²) in [6.45, 7) is 4.83. The first-order chi connectivity index (χ1) is 11.1. The Labute approximate surface area is 146 Å². The van der Waals surface area contributed by atoms with Gasteiger partial charge in [-0.2, -0.15) is 0 Å². The predicted molar refractivity (Wildman–Crippen MR) is 97.2 cm³/mol. The van der Waals surface area contributed by atoms with Crippen LogP contribution in [0.1, 0.15) is 11.7 Å². The number of rotatable bonds is 4. The van der Waals surface area contributed by atoms with E-state index in [0.717, 1.165) is 47.9 Å². The van der Waals surface area contributed by atoms with Crippen molar-refractivity contribution in [2.45, 2.75) is 6.04 Å². The molecule has 5 nitrogen and oxygen atoms in total. The summed E-state index contributed by atoms with van der Waals surface area (Å²) in [5.41, 5.74) is 8.42. The van der Waals surface area contributed by atoms with Crippen molar-refractivity contribution in [3.8, 4) is 11.4 Å². The molecular formula is C17H24BrN5.